The van der Waals surface area contributed by atoms with E-state index in [0.29, 0.717) is 11.5 Å². The first-order chi connectivity index (χ1) is 42.1. The van der Waals surface area contributed by atoms with Crippen LogP contribution in [-0.2, 0) is 48.1 Å². The van der Waals surface area contributed by atoms with Gasteiger partial charge in [-0.1, -0.05) is 240 Å². The van der Waals surface area contributed by atoms with E-state index in [1.165, 1.54) is 55.6 Å². The van der Waals surface area contributed by atoms with E-state index < -0.39 is 5.41 Å². The first-order valence-electron chi connectivity index (χ1n) is 31.0. The molecule has 1 aliphatic carbocycles. The van der Waals surface area contributed by atoms with Gasteiger partial charge in [0.1, 0.15) is 5.82 Å². The van der Waals surface area contributed by atoms with E-state index in [2.05, 4.69) is 329 Å². The first-order valence-corrected chi connectivity index (χ1v) is 31.0. The van der Waals surface area contributed by atoms with E-state index in [4.69, 9.17) is 9.72 Å². The molecule has 0 fully saturated rings. The minimum Gasteiger partial charge on any atom is -0.509 e. The van der Waals surface area contributed by atoms with Crippen molar-refractivity contribution in [2.24, 2.45) is 0 Å². The number of fused-ring (bicyclic) bond motifs is 7. The van der Waals surface area contributed by atoms with Crippen molar-refractivity contribution in [2.45, 2.75) is 110 Å². The van der Waals surface area contributed by atoms with Crippen molar-refractivity contribution >= 4 is 44.6 Å². The van der Waals surface area contributed by atoms with E-state index >= 15 is 0 Å². The van der Waals surface area contributed by atoms with Crippen molar-refractivity contribution in [3.8, 4) is 50.7 Å². The second-order valence-electron chi connectivity index (χ2n) is 28.2. The molecule has 0 unspecified atom stereocenters. The maximum absolute atomic E-state index is 6.84. The van der Waals surface area contributed by atoms with Crippen LogP contribution < -0.4 is 14.5 Å². The van der Waals surface area contributed by atoms with Crippen molar-refractivity contribution in [3.63, 3.8) is 0 Å². The normalized spacial score (nSPS) is 13.8. The number of benzene rings is 10. The van der Waals surface area contributed by atoms with Gasteiger partial charge in [-0.2, -0.15) is 12.1 Å². The summed E-state index contributed by atoms with van der Waals surface area (Å²) in [4.78, 5) is 9.58. The van der Waals surface area contributed by atoms with Crippen LogP contribution in [0, 0.1) is 18.8 Å². The molecule has 1 aliphatic heterocycles. The Balaban J connectivity index is 0.00000729. The number of anilines is 4. The molecule has 2 aliphatic rings. The quantitative estimate of drug-likeness (QED) is 0.135. The van der Waals surface area contributed by atoms with Crippen LogP contribution in [0.25, 0.3) is 61.0 Å². The van der Waals surface area contributed by atoms with Gasteiger partial charge in [0.25, 0.3) is 0 Å². The molecule has 0 atom stereocenters. The van der Waals surface area contributed by atoms with Gasteiger partial charge in [-0.05, 0) is 136 Å². The summed E-state index contributed by atoms with van der Waals surface area (Å²) >= 11 is 0. The van der Waals surface area contributed by atoms with Crippen LogP contribution in [0.3, 0.4) is 0 Å². The van der Waals surface area contributed by atoms with Crippen molar-refractivity contribution < 1.29 is 25.8 Å². The third-order valence-electron chi connectivity index (χ3n) is 18.3. The number of para-hydroxylation sites is 3. The zero-order valence-electron chi connectivity index (χ0n) is 53.0. The second-order valence-corrected chi connectivity index (χ2v) is 28.2. The van der Waals surface area contributed by atoms with Crippen molar-refractivity contribution in [2.75, 3.05) is 9.80 Å². The zero-order chi connectivity index (χ0) is 61.1. The van der Waals surface area contributed by atoms with E-state index in [-0.39, 0.29) is 42.7 Å². The van der Waals surface area contributed by atoms with Crippen LogP contribution >= 0.6 is 0 Å². The van der Waals surface area contributed by atoms with Crippen LogP contribution in [0.1, 0.15) is 128 Å². The summed E-state index contributed by atoms with van der Waals surface area (Å²) in [6.07, 6.45) is 1.91. The smallest absolute Gasteiger partial charge is 0.135 e. The van der Waals surface area contributed by atoms with E-state index in [1.54, 1.807) is 0 Å². The van der Waals surface area contributed by atoms with Gasteiger partial charge in [0.15, 0.2) is 0 Å². The number of aromatic nitrogens is 2. The van der Waals surface area contributed by atoms with E-state index in [0.717, 1.165) is 72.6 Å². The summed E-state index contributed by atoms with van der Waals surface area (Å²) in [6, 6.07) is 90.6. The molecular formula is C83H75N4OPt-3. The number of hydrogen-bond donors (Lipinski definition) is 0. The van der Waals surface area contributed by atoms with Crippen molar-refractivity contribution in [1.29, 1.82) is 0 Å². The molecule has 6 heteroatoms. The molecule has 89 heavy (non-hydrogen) atoms. The third kappa shape index (κ3) is 10.3. The summed E-state index contributed by atoms with van der Waals surface area (Å²) in [5.41, 5.74) is 22.2. The minimum absolute atomic E-state index is 0. The maximum Gasteiger partial charge on any atom is 0.135 e. The Hall–Kier alpha value is -8.76. The first kappa shape index (κ1) is 59.2. The SMILES string of the molecule is CC(C)(C)c1ccc(C2(c3cc(-c4ccccc4)c(N4[CH-]N(c5[c-]c(Oc6[c-]c7c(cc6)c6ccccc6n7-c6cc(C(C)(C)C)ccn6)ccc5)c5ccccc54)c(-c4ccccc4)c3)c3cc(C(C)(C)C)ccc3-c3ccc(C(C)(C)C)cc32)cc1.[Pt]. The van der Waals surface area contributed by atoms with Gasteiger partial charge in [0, 0.05) is 72.5 Å². The fourth-order valence-corrected chi connectivity index (χ4v) is 13.5. The summed E-state index contributed by atoms with van der Waals surface area (Å²) in [7, 11) is 0. The Kier molecular flexibility index (Phi) is 14.7. The molecule has 10 aromatic carbocycles. The average Bonchev–Trinajstić information content (AvgIpc) is 1.60. The largest absolute Gasteiger partial charge is 0.509 e. The molecule has 2 aromatic heterocycles. The van der Waals surface area contributed by atoms with Crippen LogP contribution in [0.5, 0.6) is 11.5 Å². The number of nitrogens with zero attached hydrogens (tertiary/aromatic N) is 4. The van der Waals surface area contributed by atoms with Gasteiger partial charge in [-0.15, -0.1) is 48.1 Å². The van der Waals surface area contributed by atoms with Gasteiger partial charge >= 0.3 is 0 Å². The van der Waals surface area contributed by atoms with Crippen molar-refractivity contribution in [3.05, 3.63) is 294 Å². The zero-order valence-corrected chi connectivity index (χ0v) is 55.3. The fraction of sp³-hybridized carbons (Fsp3) is 0.205. The standard InChI is InChI=1S/C83H75N4O.Pt/c1-79(2,3)56-34-36-57(37-35-56)83(71-48-58(80(4,5)6)38-41-65(71)66-42-39-59(49-72(66)83)81(7,8)9)61-46-69(54-24-15-13-16-25-54)78(70(47-61)55-26-17-14-18-27-55)86-53-85(74-32-21-22-33-75(74)86)62-28-23-29-63(51-62)88-64-40-43-68-67-30-19-20-31-73(67)87(76(68)52-64)77-50-60(44-45-84-77)82(10,11)12;/h13-50,53H,1-12H3;/q-3;. The third-order valence-corrected chi connectivity index (χ3v) is 18.3. The van der Waals surface area contributed by atoms with E-state index in [9.17, 15) is 0 Å². The minimum atomic E-state index is -0.726. The van der Waals surface area contributed by atoms with Gasteiger partial charge < -0.3 is 19.1 Å². The Bertz CT molecular complexity index is 4540. The molecule has 0 N–H and O–H groups in total. The van der Waals surface area contributed by atoms with Gasteiger partial charge in [-0.25, -0.2) is 4.98 Å². The predicted molar refractivity (Wildman–Crippen MR) is 367 cm³/mol. The van der Waals surface area contributed by atoms with Gasteiger partial charge in [0.2, 0.25) is 0 Å². The summed E-state index contributed by atoms with van der Waals surface area (Å²) in [5.74, 6) is 2.01. The summed E-state index contributed by atoms with van der Waals surface area (Å²) in [6.45, 7) is 29.9. The molecule has 12 aromatic rings. The van der Waals surface area contributed by atoms with Crippen LogP contribution in [0.15, 0.2) is 231 Å². The molecule has 0 radical (unpaired) electrons. The van der Waals surface area contributed by atoms with Gasteiger partial charge in [-0.3, -0.25) is 0 Å². The molecule has 0 saturated heterocycles. The molecule has 0 bridgehead atoms. The van der Waals surface area contributed by atoms with Crippen LogP contribution in [0.2, 0.25) is 0 Å². The summed E-state index contributed by atoms with van der Waals surface area (Å²) < 4.78 is 9.05. The molecule has 0 saturated carbocycles. The number of rotatable bonds is 9. The van der Waals surface area contributed by atoms with Crippen LogP contribution in [-0.4, -0.2) is 9.55 Å². The maximum atomic E-state index is 6.84. The predicted octanol–water partition coefficient (Wildman–Crippen LogP) is 21.9. The van der Waals surface area contributed by atoms with Crippen molar-refractivity contribution in [1.82, 2.24) is 9.55 Å². The molecule has 446 valence electrons. The second kappa shape index (κ2) is 22.1. The molecule has 5 nitrogen and oxygen atoms in total. The topological polar surface area (TPSA) is 33.5 Å². The summed E-state index contributed by atoms with van der Waals surface area (Å²) in [5, 5.41) is 2.21. The molecule has 14 rings (SSSR count). The molecule has 0 amide bonds. The monoisotopic (exact) mass is 1340 g/mol. The average molecular weight is 1340 g/mol. The van der Waals surface area contributed by atoms with E-state index in [1.807, 2.05) is 18.3 Å². The van der Waals surface area contributed by atoms with Crippen LogP contribution in [0.4, 0.5) is 22.7 Å². The number of pyridine rings is 1. The molecular weight excluding hydrogens is 1260 g/mol. The Labute approximate surface area is 541 Å². The number of hydrogen-bond acceptors (Lipinski definition) is 4. The Morgan fingerprint density at radius 3 is 1.52 bits per heavy atom. The van der Waals surface area contributed by atoms with Gasteiger partial charge in [0.05, 0.1) is 5.41 Å². The molecule has 3 heterocycles. The number of ether oxygens (including phenoxy) is 1. The molecule has 0 spiro atoms. The Morgan fingerprint density at radius 2 is 0.933 bits per heavy atom. The Morgan fingerprint density at radius 1 is 0.416 bits per heavy atom. The fourth-order valence-electron chi connectivity index (χ4n) is 13.5.